The molecule has 0 aliphatic heterocycles. The van der Waals surface area contributed by atoms with E-state index in [0.717, 1.165) is 49.3 Å². The minimum absolute atomic E-state index is 0.0166. The molecular formula is C25H28F3N7O. The maximum absolute atomic E-state index is 13.0. The Bertz CT molecular complexity index is 1220. The van der Waals surface area contributed by atoms with Crippen molar-refractivity contribution in [2.24, 2.45) is 0 Å². The number of rotatable bonds is 7. The summed E-state index contributed by atoms with van der Waals surface area (Å²) < 4.78 is 38.9. The molecule has 3 N–H and O–H groups in total. The van der Waals surface area contributed by atoms with Crippen molar-refractivity contribution < 1.29 is 18.0 Å². The number of hydrogen-bond acceptors (Lipinski definition) is 6. The number of carbonyl (C=O) groups excluding carboxylic acids is 1. The zero-order valence-corrected chi connectivity index (χ0v) is 19.8. The van der Waals surface area contributed by atoms with Crippen molar-refractivity contribution >= 4 is 23.5 Å². The van der Waals surface area contributed by atoms with Gasteiger partial charge in [0.15, 0.2) is 5.82 Å². The summed E-state index contributed by atoms with van der Waals surface area (Å²) in [5.41, 5.74) is 0.330. The molecule has 0 spiro atoms. The maximum atomic E-state index is 13.0. The predicted octanol–water partition coefficient (Wildman–Crippen LogP) is 5.02. The van der Waals surface area contributed by atoms with Crippen LogP contribution < -0.4 is 15.5 Å². The van der Waals surface area contributed by atoms with Gasteiger partial charge in [0.2, 0.25) is 5.95 Å². The van der Waals surface area contributed by atoms with Crippen LogP contribution in [0.2, 0.25) is 0 Å². The number of benzene rings is 1. The molecule has 1 amide bonds. The van der Waals surface area contributed by atoms with Gasteiger partial charge in [-0.25, -0.2) is 4.98 Å². The summed E-state index contributed by atoms with van der Waals surface area (Å²) in [6, 6.07) is 8.41. The van der Waals surface area contributed by atoms with Crippen molar-refractivity contribution in [2.45, 2.75) is 62.7 Å². The Balaban J connectivity index is 1.15. The predicted molar refractivity (Wildman–Crippen MR) is 129 cm³/mol. The molecular weight excluding hydrogens is 471 g/mol. The Hall–Kier alpha value is -3.63. The molecule has 0 unspecified atom stereocenters. The average Bonchev–Trinajstić information content (AvgIpc) is 3.62. The molecule has 11 heteroatoms. The Labute approximate surface area is 206 Å². The number of H-pyrrole nitrogens is 1. The smallest absolute Gasteiger partial charge is 0.349 e. The number of aromatic nitrogens is 4. The third-order valence-corrected chi connectivity index (χ3v) is 6.86. The highest BCUT2D eigenvalue weighted by Crippen LogP contribution is 2.39. The first-order valence-electron chi connectivity index (χ1n) is 12.1. The third kappa shape index (κ3) is 5.60. The van der Waals surface area contributed by atoms with Crippen molar-refractivity contribution in [2.75, 3.05) is 17.3 Å². The maximum Gasteiger partial charge on any atom is 0.416 e. The van der Waals surface area contributed by atoms with Crippen LogP contribution in [0.5, 0.6) is 0 Å². The first-order chi connectivity index (χ1) is 17.3. The van der Waals surface area contributed by atoms with Gasteiger partial charge in [-0.15, -0.1) is 0 Å². The first kappa shape index (κ1) is 24.1. The van der Waals surface area contributed by atoms with E-state index in [9.17, 15) is 18.0 Å². The Kier molecular flexibility index (Phi) is 6.55. The van der Waals surface area contributed by atoms with E-state index in [4.69, 9.17) is 0 Å². The van der Waals surface area contributed by atoms with Gasteiger partial charge in [0.1, 0.15) is 5.82 Å². The molecule has 36 heavy (non-hydrogen) atoms. The SMILES string of the molecule is CN(c1nccc(Nc2cc(C3CC3)[nH]n2)n1)C1CCC(NC(=O)c2cccc(C(F)(F)F)c2)CC1. The van der Waals surface area contributed by atoms with Gasteiger partial charge < -0.3 is 15.5 Å². The number of halogens is 3. The summed E-state index contributed by atoms with van der Waals surface area (Å²) in [6.07, 6.45) is 2.65. The lowest BCUT2D eigenvalue weighted by molar-refractivity contribution is -0.137. The van der Waals surface area contributed by atoms with Gasteiger partial charge in [-0.3, -0.25) is 9.89 Å². The van der Waals surface area contributed by atoms with Crippen molar-refractivity contribution in [3.05, 3.63) is 59.4 Å². The molecule has 8 nitrogen and oxygen atoms in total. The minimum Gasteiger partial charge on any atom is -0.349 e. The number of amides is 1. The minimum atomic E-state index is -4.48. The van der Waals surface area contributed by atoms with Crippen molar-refractivity contribution in [3.8, 4) is 0 Å². The van der Waals surface area contributed by atoms with Crippen LogP contribution in [0.1, 0.15) is 66.1 Å². The highest BCUT2D eigenvalue weighted by atomic mass is 19.4. The van der Waals surface area contributed by atoms with Crippen molar-refractivity contribution in [1.82, 2.24) is 25.5 Å². The van der Waals surface area contributed by atoms with Gasteiger partial charge in [0.05, 0.1) is 5.56 Å². The molecule has 2 aliphatic carbocycles. The van der Waals surface area contributed by atoms with Crippen LogP contribution in [0, 0.1) is 0 Å². The summed E-state index contributed by atoms with van der Waals surface area (Å²) in [5, 5.41) is 13.5. The molecule has 2 aliphatic rings. The van der Waals surface area contributed by atoms with E-state index in [1.807, 2.05) is 18.0 Å². The van der Waals surface area contributed by atoms with Crippen molar-refractivity contribution in [1.29, 1.82) is 0 Å². The van der Waals surface area contributed by atoms with Crippen LogP contribution in [0.25, 0.3) is 0 Å². The Morgan fingerprint density at radius 1 is 1.06 bits per heavy atom. The topological polar surface area (TPSA) is 98.8 Å². The zero-order chi connectivity index (χ0) is 25.3. The highest BCUT2D eigenvalue weighted by molar-refractivity contribution is 5.94. The molecule has 2 saturated carbocycles. The molecule has 0 bridgehead atoms. The first-order valence-corrected chi connectivity index (χ1v) is 12.1. The van der Waals surface area contributed by atoms with Crippen LogP contribution in [0.15, 0.2) is 42.6 Å². The largest absolute Gasteiger partial charge is 0.416 e. The van der Waals surface area contributed by atoms with E-state index < -0.39 is 17.6 Å². The summed E-state index contributed by atoms with van der Waals surface area (Å²) in [4.78, 5) is 23.6. The van der Waals surface area contributed by atoms with Gasteiger partial charge in [-0.05, 0) is 62.8 Å². The van der Waals surface area contributed by atoms with Crippen LogP contribution in [0.4, 0.5) is 30.8 Å². The van der Waals surface area contributed by atoms with Crippen LogP contribution >= 0.6 is 0 Å². The fourth-order valence-corrected chi connectivity index (χ4v) is 4.60. The average molecular weight is 500 g/mol. The summed E-state index contributed by atoms with van der Waals surface area (Å²) in [5.74, 6) is 2.08. The fourth-order valence-electron chi connectivity index (χ4n) is 4.60. The summed E-state index contributed by atoms with van der Waals surface area (Å²) in [6.45, 7) is 0. The molecule has 5 rings (SSSR count). The Morgan fingerprint density at radius 2 is 1.83 bits per heavy atom. The van der Waals surface area contributed by atoms with Gasteiger partial charge >= 0.3 is 6.18 Å². The number of hydrogen-bond donors (Lipinski definition) is 3. The highest BCUT2D eigenvalue weighted by Gasteiger charge is 2.32. The monoisotopic (exact) mass is 499 g/mol. The number of aromatic amines is 1. The number of nitrogens with one attached hydrogen (secondary N) is 3. The van der Waals surface area contributed by atoms with E-state index in [1.54, 1.807) is 12.3 Å². The molecule has 0 atom stereocenters. The molecule has 2 heterocycles. The summed E-state index contributed by atoms with van der Waals surface area (Å²) >= 11 is 0. The second-order valence-electron chi connectivity index (χ2n) is 9.52. The van der Waals surface area contributed by atoms with E-state index in [0.29, 0.717) is 17.7 Å². The quantitative estimate of drug-likeness (QED) is 0.422. The standard InChI is InChI=1S/C25H28F3N7O/c1-35(24-29-12-11-21(32-24)31-22-14-20(33-34-22)15-5-6-15)19-9-7-18(8-10-19)30-23(36)16-3-2-4-17(13-16)25(26,27)28/h2-4,11-15,18-19H,5-10H2,1H3,(H,30,36)(H2,29,31,32,33,34). The van der Waals surface area contributed by atoms with Gasteiger partial charge in [-0.1, -0.05) is 6.07 Å². The van der Waals surface area contributed by atoms with Crippen molar-refractivity contribution in [3.63, 3.8) is 0 Å². The Morgan fingerprint density at radius 3 is 2.56 bits per heavy atom. The van der Waals surface area contributed by atoms with Crippen LogP contribution in [-0.2, 0) is 6.18 Å². The lowest BCUT2D eigenvalue weighted by Gasteiger charge is -2.35. The molecule has 1 aromatic carbocycles. The molecule has 190 valence electrons. The number of anilines is 3. The fraction of sp³-hybridized carbons (Fsp3) is 0.440. The van der Waals surface area contributed by atoms with E-state index in [-0.39, 0.29) is 17.6 Å². The van der Waals surface area contributed by atoms with Gasteiger partial charge in [0.25, 0.3) is 5.91 Å². The van der Waals surface area contributed by atoms with Gasteiger partial charge in [-0.2, -0.15) is 23.3 Å². The second-order valence-corrected chi connectivity index (χ2v) is 9.52. The molecule has 2 fully saturated rings. The van der Waals surface area contributed by atoms with Crippen LogP contribution in [-0.4, -0.2) is 45.2 Å². The van der Waals surface area contributed by atoms with E-state index in [2.05, 4.69) is 30.8 Å². The second kappa shape index (κ2) is 9.79. The summed E-state index contributed by atoms with van der Waals surface area (Å²) in [7, 11) is 1.95. The lowest BCUT2D eigenvalue weighted by atomic mass is 9.90. The molecule has 0 saturated heterocycles. The van der Waals surface area contributed by atoms with Gasteiger partial charge in [0, 0.05) is 48.6 Å². The number of carbonyl (C=O) groups is 1. The zero-order valence-electron chi connectivity index (χ0n) is 19.8. The molecule has 3 aromatic rings. The third-order valence-electron chi connectivity index (χ3n) is 6.86. The number of nitrogens with zero attached hydrogens (tertiary/aromatic N) is 4. The normalized spacial score (nSPS) is 20.1. The lowest BCUT2D eigenvalue weighted by Crippen LogP contribution is -2.43. The molecule has 0 radical (unpaired) electrons. The van der Waals surface area contributed by atoms with E-state index in [1.165, 1.54) is 25.0 Å². The number of alkyl halides is 3. The molecule has 2 aromatic heterocycles. The van der Waals surface area contributed by atoms with Crippen LogP contribution in [0.3, 0.4) is 0 Å². The van der Waals surface area contributed by atoms with E-state index >= 15 is 0 Å².